The summed E-state index contributed by atoms with van der Waals surface area (Å²) in [4.78, 5) is 27.8. The molecule has 0 saturated heterocycles. The van der Waals surface area contributed by atoms with Gasteiger partial charge in [0.1, 0.15) is 0 Å². The topological polar surface area (TPSA) is 59.1 Å². The minimum atomic E-state index is 0.00864. The molecule has 0 bridgehead atoms. The maximum absolute atomic E-state index is 12.3. The number of methoxy groups -OCH3 is 2. The molecule has 0 saturated carbocycles. The number of hydrogen-bond donors (Lipinski definition) is 0. The Morgan fingerprint density at radius 1 is 0.917 bits per heavy atom. The first-order valence-electron chi connectivity index (χ1n) is 8.17. The Balaban J connectivity index is 2.40. The number of rotatable bonds is 11. The molecule has 6 heteroatoms. The zero-order valence-corrected chi connectivity index (χ0v) is 14.9. The Morgan fingerprint density at radius 3 is 2.00 bits per heavy atom. The predicted molar refractivity (Wildman–Crippen MR) is 94.0 cm³/mol. The van der Waals surface area contributed by atoms with Gasteiger partial charge in [-0.1, -0.05) is 18.2 Å². The normalized spacial score (nSPS) is 10.5. The number of ether oxygens (including phenoxy) is 2. The molecule has 134 valence electrons. The summed E-state index contributed by atoms with van der Waals surface area (Å²) in [6.07, 6.45) is 1.23. The number of amides is 2. The monoisotopic (exact) mass is 336 g/mol. The molecule has 0 atom stereocenters. The number of hydrogen-bond acceptors (Lipinski definition) is 4. The molecule has 6 nitrogen and oxygen atoms in total. The molecular formula is C18H28N2O4. The van der Waals surface area contributed by atoms with Crippen molar-refractivity contribution in [1.29, 1.82) is 0 Å². The standard InChI is InChI=1S/C18H28N2O4/c1-19(16-8-5-4-6-9-16)17(21)10-7-11-18(22)20(12-14-23-2)13-15-24-3/h4-6,8-9H,7,10-15H2,1-3H3. The summed E-state index contributed by atoms with van der Waals surface area (Å²) in [6.45, 7) is 2.06. The molecule has 1 aromatic carbocycles. The first-order valence-corrected chi connectivity index (χ1v) is 8.17. The molecule has 0 N–H and O–H groups in total. The van der Waals surface area contributed by atoms with E-state index in [0.717, 1.165) is 5.69 Å². The van der Waals surface area contributed by atoms with Gasteiger partial charge in [0, 0.05) is 52.9 Å². The average molecular weight is 336 g/mol. The molecule has 0 aliphatic heterocycles. The highest BCUT2D eigenvalue weighted by Gasteiger charge is 2.15. The van der Waals surface area contributed by atoms with Crippen LogP contribution in [0.25, 0.3) is 0 Å². The molecule has 2 amide bonds. The van der Waals surface area contributed by atoms with E-state index in [1.165, 1.54) is 0 Å². The highest BCUT2D eigenvalue weighted by molar-refractivity contribution is 5.92. The summed E-state index contributed by atoms with van der Waals surface area (Å²) in [5, 5.41) is 0. The first-order chi connectivity index (χ1) is 11.6. The van der Waals surface area contributed by atoms with E-state index in [0.29, 0.717) is 45.6 Å². The zero-order valence-electron chi connectivity index (χ0n) is 14.9. The van der Waals surface area contributed by atoms with Crippen LogP contribution in [0.3, 0.4) is 0 Å². The van der Waals surface area contributed by atoms with Crippen LogP contribution in [0.1, 0.15) is 19.3 Å². The lowest BCUT2D eigenvalue weighted by atomic mass is 10.2. The van der Waals surface area contributed by atoms with E-state index in [-0.39, 0.29) is 11.8 Å². The summed E-state index contributed by atoms with van der Waals surface area (Å²) in [6, 6.07) is 9.48. The quantitative estimate of drug-likeness (QED) is 0.620. The van der Waals surface area contributed by atoms with Crippen LogP contribution in [0.4, 0.5) is 5.69 Å². The number of nitrogens with zero attached hydrogens (tertiary/aromatic N) is 2. The Bertz CT molecular complexity index is 485. The molecule has 0 aliphatic rings. The lowest BCUT2D eigenvalue weighted by molar-refractivity contribution is -0.132. The van der Waals surface area contributed by atoms with E-state index in [2.05, 4.69) is 0 Å². The second kappa shape index (κ2) is 11.6. The molecule has 0 aromatic heterocycles. The Hall–Kier alpha value is -1.92. The molecule has 1 aromatic rings. The summed E-state index contributed by atoms with van der Waals surface area (Å²) >= 11 is 0. The van der Waals surface area contributed by atoms with Crippen LogP contribution in [0.2, 0.25) is 0 Å². The minimum absolute atomic E-state index is 0.00864. The van der Waals surface area contributed by atoms with Crippen LogP contribution in [-0.4, -0.2) is 64.3 Å². The van der Waals surface area contributed by atoms with Gasteiger partial charge < -0.3 is 19.3 Å². The average Bonchev–Trinajstić information content (AvgIpc) is 2.61. The number of carbonyl (C=O) groups excluding carboxylic acids is 2. The fraction of sp³-hybridized carbons (Fsp3) is 0.556. The van der Waals surface area contributed by atoms with Crippen molar-refractivity contribution in [1.82, 2.24) is 4.90 Å². The van der Waals surface area contributed by atoms with Gasteiger partial charge in [-0.2, -0.15) is 0 Å². The van der Waals surface area contributed by atoms with Crippen LogP contribution in [-0.2, 0) is 19.1 Å². The molecule has 24 heavy (non-hydrogen) atoms. The number of para-hydroxylation sites is 1. The third-order valence-electron chi connectivity index (χ3n) is 3.78. The zero-order chi connectivity index (χ0) is 17.8. The van der Waals surface area contributed by atoms with Crippen molar-refractivity contribution in [2.45, 2.75) is 19.3 Å². The van der Waals surface area contributed by atoms with E-state index in [9.17, 15) is 9.59 Å². The lowest BCUT2D eigenvalue weighted by Gasteiger charge is -2.22. The van der Waals surface area contributed by atoms with Crippen molar-refractivity contribution >= 4 is 17.5 Å². The van der Waals surface area contributed by atoms with Gasteiger partial charge in [0.25, 0.3) is 0 Å². The van der Waals surface area contributed by atoms with Gasteiger partial charge in [-0.15, -0.1) is 0 Å². The molecule has 0 aliphatic carbocycles. The van der Waals surface area contributed by atoms with E-state index < -0.39 is 0 Å². The van der Waals surface area contributed by atoms with Gasteiger partial charge in [-0.25, -0.2) is 0 Å². The van der Waals surface area contributed by atoms with Gasteiger partial charge in [-0.3, -0.25) is 9.59 Å². The van der Waals surface area contributed by atoms with Gasteiger partial charge >= 0.3 is 0 Å². The third-order valence-corrected chi connectivity index (χ3v) is 3.78. The lowest BCUT2D eigenvalue weighted by Crippen LogP contribution is -2.36. The highest BCUT2D eigenvalue weighted by Crippen LogP contribution is 2.13. The van der Waals surface area contributed by atoms with Crippen LogP contribution in [0.5, 0.6) is 0 Å². The predicted octanol–water partition coefficient (Wildman–Crippen LogP) is 1.94. The maximum Gasteiger partial charge on any atom is 0.226 e. The first kappa shape index (κ1) is 20.1. The summed E-state index contributed by atoms with van der Waals surface area (Å²) < 4.78 is 10.1. The summed E-state index contributed by atoms with van der Waals surface area (Å²) in [5.41, 5.74) is 0.857. The number of benzene rings is 1. The minimum Gasteiger partial charge on any atom is -0.383 e. The van der Waals surface area contributed by atoms with Crippen molar-refractivity contribution in [2.24, 2.45) is 0 Å². The van der Waals surface area contributed by atoms with Crippen molar-refractivity contribution in [3.05, 3.63) is 30.3 Å². The van der Waals surface area contributed by atoms with E-state index in [1.807, 2.05) is 30.3 Å². The maximum atomic E-state index is 12.3. The van der Waals surface area contributed by atoms with Crippen LogP contribution >= 0.6 is 0 Å². The molecule has 0 unspecified atom stereocenters. The van der Waals surface area contributed by atoms with Crippen molar-refractivity contribution in [2.75, 3.05) is 52.5 Å². The van der Waals surface area contributed by atoms with Crippen LogP contribution in [0, 0.1) is 0 Å². The SMILES string of the molecule is COCCN(CCOC)C(=O)CCCC(=O)N(C)c1ccccc1. The summed E-state index contributed by atoms with van der Waals surface area (Å²) in [5.74, 6) is 0.0357. The third kappa shape index (κ3) is 7.10. The Labute approximate surface area is 144 Å². The molecule has 0 spiro atoms. The Morgan fingerprint density at radius 2 is 1.46 bits per heavy atom. The smallest absolute Gasteiger partial charge is 0.226 e. The molecule has 1 rings (SSSR count). The highest BCUT2D eigenvalue weighted by atomic mass is 16.5. The molecular weight excluding hydrogens is 308 g/mol. The fourth-order valence-electron chi connectivity index (χ4n) is 2.28. The summed E-state index contributed by atoms with van der Waals surface area (Å²) in [7, 11) is 4.97. The molecule has 0 radical (unpaired) electrons. The van der Waals surface area contributed by atoms with E-state index in [4.69, 9.17) is 9.47 Å². The van der Waals surface area contributed by atoms with Gasteiger partial charge in [0.2, 0.25) is 11.8 Å². The largest absolute Gasteiger partial charge is 0.383 e. The van der Waals surface area contributed by atoms with Crippen LogP contribution < -0.4 is 4.90 Å². The van der Waals surface area contributed by atoms with E-state index in [1.54, 1.807) is 31.1 Å². The molecule has 0 heterocycles. The van der Waals surface area contributed by atoms with Crippen molar-refractivity contribution in [3.8, 4) is 0 Å². The Kier molecular flexibility index (Phi) is 9.72. The van der Waals surface area contributed by atoms with Crippen LogP contribution in [0.15, 0.2) is 30.3 Å². The van der Waals surface area contributed by atoms with Crippen molar-refractivity contribution in [3.63, 3.8) is 0 Å². The second-order valence-corrected chi connectivity index (χ2v) is 5.51. The van der Waals surface area contributed by atoms with Crippen molar-refractivity contribution < 1.29 is 19.1 Å². The molecule has 0 fully saturated rings. The van der Waals surface area contributed by atoms with Gasteiger partial charge in [0.05, 0.1) is 13.2 Å². The van der Waals surface area contributed by atoms with E-state index >= 15 is 0 Å². The number of anilines is 1. The second-order valence-electron chi connectivity index (χ2n) is 5.51. The van der Waals surface area contributed by atoms with Gasteiger partial charge in [0.15, 0.2) is 0 Å². The number of carbonyl (C=O) groups is 2. The fourth-order valence-corrected chi connectivity index (χ4v) is 2.28. The van der Waals surface area contributed by atoms with Gasteiger partial charge in [-0.05, 0) is 18.6 Å².